The Bertz CT molecular complexity index is 510. The first-order valence-electron chi connectivity index (χ1n) is 6.15. The van der Waals surface area contributed by atoms with Crippen molar-refractivity contribution in [3.05, 3.63) is 71.8 Å². The summed E-state index contributed by atoms with van der Waals surface area (Å²) in [5, 5.41) is 9.41. The predicted octanol–water partition coefficient (Wildman–Crippen LogP) is 2.62. The fourth-order valence-corrected chi connectivity index (χ4v) is 2.30. The maximum atomic E-state index is 11.5. The minimum absolute atomic E-state index is 0.382. The quantitative estimate of drug-likeness (QED) is 0.882. The summed E-state index contributed by atoms with van der Waals surface area (Å²) in [4.78, 5) is 11.5. The van der Waals surface area contributed by atoms with Gasteiger partial charge in [0.2, 0.25) is 0 Å². The van der Waals surface area contributed by atoms with Crippen LogP contribution in [0.25, 0.3) is 0 Å². The molecule has 0 saturated carbocycles. The van der Waals surface area contributed by atoms with Crippen molar-refractivity contribution in [1.82, 2.24) is 0 Å². The van der Waals surface area contributed by atoms with E-state index >= 15 is 0 Å². The monoisotopic (exact) mass is 255 g/mol. The molecule has 0 spiro atoms. The van der Waals surface area contributed by atoms with Crippen molar-refractivity contribution in [2.24, 2.45) is 5.73 Å². The van der Waals surface area contributed by atoms with Crippen LogP contribution in [0.1, 0.15) is 24.0 Å². The van der Waals surface area contributed by atoms with Gasteiger partial charge in [-0.2, -0.15) is 0 Å². The van der Waals surface area contributed by atoms with Crippen LogP contribution in [0.2, 0.25) is 0 Å². The van der Waals surface area contributed by atoms with Gasteiger partial charge in [0.1, 0.15) is 5.54 Å². The van der Waals surface area contributed by atoms with Crippen molar-refractivity contribution in [2.45, 2.75) is 18.4 Å². The molecule has 98 valence electrons. The first kappa shape index (κ1) is 13.3. The number of carbonyl (C=O) groups is 1. The van der Waals surface area contributed by atoms with E-state index in [-0.39, 0.29) is 5.92 Å². The van der Waals surface area contributed by atoms with Crippen LogP contribution in [0.4, 0.5) is 0 Å². The molecule has 0 radical (unpaired) electrons. The summed E-state index contributed by atoms with van der Waals surface area (Å²) in [7, 11) is 0. The third-order valence-corrected chi connectivity index (χ3v) is 3.33. The Morgan fingerprint density at radius 2 is 1.37 bits per heavy atom. The van der Waals surface area contributed by atoms with Crippen LogP contribution >= 0.6 is 0 Å². The van der Waals surface area contributed by atoms with Crippen molar-refractivity contribution in [2.75, 3.05) is 0 Å². The van der Waals surface area contributed by atoms with Gasteiger partial charge in [0.25, 0.3) is 0 Å². The Morgan fingerprint density at radius 1 is 1.00 bits per heavy atom. The number of rotatable bonds is 4. The average molecular weight is 255 g/mol. The summed E-state index contributed by atoms with van der Waals surface area (Å²) in [5.41, 5.74) is 6.52. The number of nitrogens with two attached hydrogens (primary N) is 1. The molecule has 2 rings (SSSR count). The van der Waals surface area contributed by atoms with Gasteiger partial charge in [-0.15, -0.1) is 0 Å². The molecular weight excluding hydrogens is 238 g/mol. The summed E-state index contributed by atoms with van der Waals surface area (Å²) < 4.78 is 0. The Morgan fingerprint density at radius 3 is 1.68 bits per heavy atom. The lowest BCUT2D eigenvalue weighted by Crippen LogP contribution is -2.50. The molecule has 3 N–H and O–H groups in total. The molecule has 0 aliphatic heterocycles. The molecule has 3 heteroatoms. The molecule has 1 atom stereocenters. The smallest absolute Gasteiger partial charge is 0.324 e. The summed E-state index contributed by atoms with van der Waals surface area (Å²) in [5.74, 6) is -1.39. The standard InChI is InChI=1S/C16H17NO2/c1-16(17,15(18)19)14(12-8-4-2-5-9-12)13-10-6-3-7-11-13/h2-11,14H,17H2,1H3,(H,18,19). The molecule has 0 heterocycles. The first-order valence-corrected chi connectivity index (χ1v) is 6.15. The topological polar surface area (TPSA) is 63.3 Å². The molecule has 0 saturated heterocycles. The fourth-order valence-electron chi connectivity index (χ4n) is 2.30. The van der Waals surface area contributed by atoms with Gasteiger partial charge in [-0.3, -0.25) is 4.79 Å². The molecule has 0 aliphatic carbocycles. The molecule has 2 aromatic rings. The van der Waals surface area contributed by atoms with E-state index < -0.39 is 11.5 Å². The van der Waals surface area contributed by atoms with Crippen LogP contribution in [0.3, 0.4) is 0 Å². The highest BCUT2D eigenvalue weighted by molar-refractivity contribution is 5.80. The summed E-state index contributed by atoms with van der Waals surface area (Å²) >= 11 is 0. The van der Waals surface area contributed by atoms with E-state index in [2.05, 4.69) is 0 Å². The van der Waals surface area contributed by atoms with E-state index in [0.29, 0.717) is 0 Å². The molecule has 1 unspecified atom stereocenters. The van der Waals surface area contributed by atoms with E-state index in [1.54, 1.807) is 6.92 Å². The molecule has 2 aromatic carbocycles. The fraction of sp³-hybridized carbons (Fsp3) is 0.188. The average Bonchev–Trinajstić information content (AvgIpc) is 2.41. The minimum atomic E-state index is -1.36. The third-order valence-electron chi connectivity index (χ3n) is 3.33. The van der Waals surface area contributed by atoms with E-state index in [1.165, 1.54) is 0 Å². The zero-order valence-electron chi connectivity index (χ0n) is 10.8. The molecule has 19 heavy (non-hydrogen) atoms. The Kier molecular flexibility index (Phi) is 3.67. The molecular formula is C16H17NO2. The SMILES string of the molecule is CC(N)(C(=O)O)C(c1ccccc1)c1ccccc1. The lowest BCUT2D eigenvalue weighted by molar-refractivity contribution is -0.143. The van der Waals surface area contributed by atoms with Gasteiger partial charge in [-0.05, 0) is 18.1 Å². The summed E-state index contributed by atoms with van der Waals surface area (Å²) in [6.45, 7) is 1.56. The van der Waals surface area contributed by atoms with Crippen LogP contribution in [0.15, 0.2) is 60.7 Å². The van der Waals surface area contributed by atoms with Gasteiger partial charge in [0, 0.05) is 5.92 Å². The van der Waals surface area contributed by atoms with Gasteiger partial charge in [0.05, 0.1) is 0 Å². The van der Waals surface area contributed by atoms with Crippen LogP contribution in [0, 0.1) is 0 Å². The van der Waals surface area contributed by atoms with Crippen molar-refractivity contribution in [1.29, 1.82) is 0 Å². The van der Waals surface area contributed by atoms with Gasteiger partial charge in [-0.25, -0.2) is 0 Å². The first-order chi connectivity index (χ1) is 9.03. The maximum Gasteiger partial charge on any atom is 0.324 e. The van der Waals surface area contributed by atoms with Crippen molar-refractivity contribution in [3.63, 3.8) is 0 Å². The van der Waals surface area contributed by atoms with Crippen LogP contribution < -0.4 is 5.73 Å². The summed E-state index contributed by atoms with van der Waals surface area (Å²) in [6, 6.07) is 19.0. The largest absolute Gasteiger partial charge is 0.480 e. The molecule has 0 fully saturated rings. The van der Waals surface area contributed by atoms with Gasteiger partial charge in [-0.1, -0.05) is 60.7 Å². The number of hydrogen-bond donors (Lipinski definition) is 2. The number of benzene rings is 2. The molecule has 0 amide bonds. The predicted molar refractivity (Wildman–Crippen MR) is 75.0 cm³/mol. The molecule has 0 aliphatic rings. The zero-order chi connectivity index (χ0) is 13.9. The second-order valence-corrected chi connectivity index (χ2v) is 4.84. The van der Waals surface area contributed by atoms with E-state index in [0.717, 1.165) is 11.1 Å². The third kappa shape index (κ3) is 2.66. The second-order valence-electron chi connectivity index (χ2n) is 4.84. The van der Waals surface area contributed by atoms with E-state index in [9.17, 15) is 9.90 Å². The zero-order valence-corrected chi connectivity index (χ0v) is 10.8. The van der Waals surface area contributed by atoms with Gasteiger partial charge >= 0.3 is 5.97 Å². The van der Waals surface area contributed by atoms with Crippen LogP contribution in [0.5, 0.6) is 0 Å². The molecule has 0 bridgehead atoms. The van der Waals surface area contributed by atoms with E-state index in [4.69, 9.17) is 5.73 Å². The highest BCUT2D eigenvalue weighted by atomic mass is 16.4. The van der Waals surface area contributed by atoms with E-state index in [1.807, 2.05) is 60.7 Å². The normalized spacial score (nSPS) is 14.1. The Balaban J connectivity index is 2.55. The number of carboxylic acids is 1. The van der Waals surface area contributed by atoms with Crippen LogP contribution in [-0.2, 0) is 4.79 Å². The number of hydrogen-bond acceptors (Lipinski definition) is 2. The number of aliphatic carboxylic acids is 1. The Hall–Kier alpha value is -2.13. The highest BCUT2D eigenvalue weighted by Crippen LogP contribution is 2.33. The Labute approximate surface area is 112 Å². The summed E-state index contributed by atoms with van der Waals surface area (Å²) in [6.07, 6.45) is 0. The minimum Gasteiger partial charge on any atom is -0.480 e. The molecule has 0 aromatic heterocycles. The lowest BCUT2D eigenvalue weighted by atomic mass is 9.76. The lowest BCUT2D eigenvalue weighted by Gasteiger charge is -2.31. The van der Waals surface area contributed by atoms with Crippen molar-refractivity contribution < 1.29 is 9.90 Å². The second kappa shape index (κ2) is 5.24. The molecule has 3 nitrogen and oxygen atoms in total. The van der Waals surface area contributed by atoms with Crippen molar-refractivity contribution >= 4 is 5.97 Å². The van der Waals surface area contributed by atoms with Crippen LogP contribution in [-0.4, -0.2) is 16.6 Å². The van der Waals surface area contributed by atoms with Gasteiger partial charge < -0.3 is 10.8 Å². The van der Waals surface area contributed by atoms with Crippen molar-refractivity contribution in [3.8, 4) is 0 Å². The maximum absolute atomic E-state index is 11.5. The van der Waals surface area contributed by atoms with Gasteiger partial charge in [0.15, 0.2) is 0 Å². The highest BCUT2D eigenvalue weighted by Gasteiger charge is 2.39. The number of carboxylic acid groups (broad SMARTS) is 1.